The van der Waals surface area contributed by atoms with Crippen LogP contribution in [0.5, 0.6) is 0 Å². The molecule has 0 saturated heterocycles. The second-order valence-corrected chi connectivity index (χ2v) is 10.4. The minimum Gasteiger partial charge on any atom is -0.434 e. The van der Waals surface area contributed by atoms with Crippen molar-refractivity contribution < 1.29 is 28.5 Å². The second kappa shape index (κ2) is 19.8. The number of hydrogen-bond donors (Lipinski definition) is 0. The highest BCUT2D eigenvalue weighted by molar-refractivity contribution is 5.60. The Labute approximate surface area is 208 Å². The van der Waals surface area contributed by atoms with E-state index >= 15 is 0 Å². The van der Waals surface area contributed by atoms with Crippen LogP contribution in [-0.4, -0.2) is 37.7 Å². The normalized spacial score (nSPS) is 19.0. The van der Waals surface area contributed by atoms with Crippen LogP contribution in [0.15, 0.2) is 0 Å². The first-order valence-electron chi connectivity index (χ1n) is 14.1. The van der Waals surface area contributed by atoms with Gasteiger partial charge in [-0.25, -0.2) is 9.59 Å². The fourth-order valence-electron chi connectivity index (χ4n) is 4.43. The van der Waals surface area contributed by atoms with E-state index in [1.807, 2.05) is 0 Å². The van der Waals surface area contributed by atoms with E-state index in [1.165, 1.54) is 38.5 Å². The quantitative estimate of drug-likeness (QED) is 0.143. The Morgan fingerprint density at radius 3 is 1.94 bits per heavy atom. The number of rotatable bonds is 18. The van der Waals surface area contributed by atoms with E-state index in [4.69, 9.17) is 18.9 Å². The summed E-state index contributed by atoms with van der Waals surface area (Å²) in [5, 5.41) is 0. The molecular formula is C28H52O6. The molecule has 1 aliphatic carbocycles. The van der Waals surface area contributed by atoms with E-state index in [1.54, 1.807) is 0 Å². The summed E-state index contributed by atoms with van der Waals surface area (Å²) >= 11 is 0. The van der Waals surface area contributed by atoms with E-state index in [2.05, 4.69) is 27.7 Å². The molecule has 1 rings (SSSR count). The van der Waals surface area contributed by atoms with Gasteiger partial charge < -0.3 is 18.9 Å². The van der Waals surface area contributed by atoms with Crippen molar-refractivity contribution in [2.45, 2.75) is 143 Å². The maximum atomic E-state index is 12.1. The third-order valence-corrected chi connectivity index (χ3v) is 6.73. The minimum absolute atomic E-state index is 0.266. The first-order valence-corrected chi connectivity index (χ1v) is 14.1. The molecular weight excluding hydrogens is 432 g/mol. The maximum absolute atomic E-state index is 12.1. The molecule has 0 aliphatic heterocycles. The Kier molecular flexibility index (Phi) is 17.8. The molecule has 0 aromatic carbocycles. The van der Waals surface area contributed by atoms with Crippen molar-refractivity contribution in [1.29, 1.82) is 0 Å². The average molecular weight is 485 g/mol. The van der Waals surface area contributed by atoms with Gasteiger partial charge in [0.15, 0.2) is 0 Å². The third-order valence-electron chi connectivity index (χ3n) is 6.73. The Bertz CT molecular complexity index is 521. The molecule has 34 heavy (non-hydrogen) atoms. The van der Waals surface area contributed by atoms with Crippen LogP contribution >= 0.6 is 0 Å². The van der Waals surface area contributed by atoms with Gasteiger partial charge in [-0.1, -0.05) is 91.9 Å². The van der Waals surface area contributed by atoms with Crippen LogP contribution in [0.3, 0.4) is 0 Å². The lowest BCUT2D eigenvalue weighted by Crippen LogP contribution is -2.32. The van der Waals surface area contributed by atoms with Crippen molar-refractivity contribution in [2.75, 3.05) is 13.2 Å². The molecule has 1 aliphatic rings. The van der Waals surface area contributed by atoms with E-state index in [0.29, 0.717) is 25.6 Å². The molecule has 6 heteroatoms. The van der Waals surface area contributed by atoms with E-state index in [-0.39, 0.29) is 12.2 Å². The third kappa shape index (κ3) is 16.2. The smallest absolute Gasteiger partial charge is 0.434 e. The summed E-state index contributed by atoms with van der Waals surface area (Å²) in [5.74, 6) is 1.19. The van der Waals surface area contributed by atoms with E-state index in [0.717, 1.165) is 63.7 Å². The van der Waals surface area contributed by atoms with Crippen LogP contribution in [0.4, 0.5) is 9.59 Å². The zero-order valence-corrected chi connectivity index (χ0v) is 22.5. The predicted octanol–water partition coefficient (Wildman–Crippen LogP) is 8.60. The van der Waals surface area contributed by atoms with Gasteiger partial charge in [0, 0.05) is 6.42 Å². The molecule has 200 valence electrons. The topological polar surface area (TPSA) is 71.1 Å². The number of carbonyl (C=O) groups excluding carboxylic acids is 2. The first kappa shape index (κ1) is 30.6. The molecule has 3 unspecified atom stereocenters. The van der Waals surface area contributed by atoms with Crippen molar-refractivity contribution >= 4 is 12.3 Å². The van der Waals surface area contributed by atoms with Crippen LogP contribution in [0.2, 0.25) is 0 Å². The van der Waals surface area contributed by atoms with Crippen LogP contribution < -0.4 is 0 Å². The van der Waals surface area contributed by atoms with Gasteiger partial charge in [-0.05, 0) is 43.9 Å². The summed E-state index contributed by atoms with van der Waals surface area (Å²) < 4.78 is 21.5. The summed E-state index contributed by atoms with van der Waals surface area (Å²) in [4.78, 5) is 24.1. The Morgan fingerprint density at radius 2 is 1.35 bits per heavy atom. The highest BCUT2D eigenvalue weighted by atomic mass is 16.7. The monoisotopic (exact) mass is 484 g/mol. The second-order valence-electron chi connectivity index (χ2n) is 10.4. The largest absolute Gasteiger partial charge is 0.508 e. The summed E-state index contributed by atoms with van der Waals surface area (Å²) in [6.45, 7) is 9.65. The van der Waals surface area contributed by atoms with Crippen molar-refractivity contribution in [1.82, 2.24) is 0 Å². The maximum Gasteiger partial charge on any atom is 0.508 e. The zero-order chi connectivity index (χ0) is 25.0. The number of ether oxygens (including phenoxy) is 4. The summed E-state index contributed by atoms with van der Waals surface area (Å²) in [6, 6.07) is 0. The molecule has 0 spiro atoms. The van der Waals surface area contributed by atoms with Gasteiger partial charge in [-0.3, -0.25) is 0 Å². The lowest BCUT2D eigenvalue weighted by atomic mass is 9.95. The van der Waals surface area contributed by atoms with Crippen molar-refractivity contribution in [3.05, 3.63) is 0 Å². The Balaban J connectivity index is 2.09. The molecule has 0 aromatic rings. The lowest BCUT2D eigenvalue weighted by molar-refractivity contribution is -0.0374. The molecule has 0 bridgehead atoms. The molecule has 0 amide bonds. The highest BCUT2D eigenvalue weighted by Gasteiger charge is 2.28. The van der Waals surface area contributed by atoms with Gasteiger partial charge in [-0.15, -0.1) is 0 Å². The van der Waals surface area contributed by atoms with Gasteiger partial charge in [0.2, 0.25) is 0 Å². The molecule has 0 radical (unpaired) electrons. The Hall–Kier alpha value is -1.46. The SMILES string of the molecule is CCCCC(CC)COC(=O)OC1CCCC(OC(=O)OCCCCCCCCCC(C)C)C1. The predicted molar refractivity (Wildman–Crippen MR) is 136 cm³/mol. The summed E-state index contributed by atoms with van der Waals surface area (Å²) in [5.41, 5.74) is 0. The molecule has 0 heterocycles. The standard InChI is InChI=1S/C28H52O6/c1-5-7-17-24(6-2)22-32-28(30)34-26-19-15-18-25(21-26)33-27(29)31-20-14-12-10-8-9-11-13-16-23(3)4/h23-26H,5-22H2,1-4H3. The number of carbonyl (C=O) groups is 2. The van der Waals surface area contributed by atoms with E-state index < -0.39 is 12.3 Å². The number of hydrogen-bond acceptors (Lipinski definition) is 6. The minimum atomic E-state index is -0.608. The summed E-state index contributed by atoms with van der Waals surface area (Å²) in [6.07, 6.45) is 15.2. The fourth-order valence-corrected chi connectivity index (χ4v) is 4.43. The van der Waals surface area contributed by atoms with Crippen molar-refractivity contribution in [2.24, 2.45) is 11.8 Å². The molecule has 3 atom stereocenters. The van der Waals surface area contributed by atoms with Crippen LogP contribution in [-0.2, 0) is 18.9 Å². The lowest BCUT2D eigenvalue weighted by Gasteiger charge is -2.28. The van der Waals surface area contributed by atoms with E-state index in [9.17, 15) is 9.59 Å². The highest BCUT2D eigenvalue weighted by Crippen LogP contribution is 2.25. The van der Waals surface area contributed by atoms with Crippen molar-refractivity contribution in [3.63, 3.8) is 0 Å². The van der Waals surface area contributed by atoms with Crippen LogP contribution in [0, 0.1) is 11.8 Å². The van der Waals surface area contributed by atoms with Gasteiger partial charge in [0.25, 0.3) is 0 Å². The first-order chi connectivity index (χ1) is 16.4. The summed E-state index contributed by atoms with van der Waals surface area (Å²) in [7, 11) is 0. The van der Waals surface area contributed by atoms with Gasteiger partial charge in [0.05, 0.1) is 13.2 Å². The number of unbranched alkanes of at least 4 members (excludes halogenated alkanes) is 7. The molecule has 1 saturated carbocycles. The average Bonchev–Trinajstić information content (AvgIpc) is 2.80. The molecule has 0 N–H and O–H groups in total. The van der Waals surface area contributed by atoms with Crippen LogP contribution in [0.25, 0.3) is 0 Å². The molecule has 6 nitrogen and oxygen atoms in total. The molecule has 1 fully saturated rings. The fraction of sp³-hybridized carbons (Fsp3) is 0.929. The van der Waals surface area contributed by atoms with Gasteiger partial charge in [-0.2, -0.15) is 0 Å². The zero-order valence-electron chi connectivity index (χ0n) is 22.5. The van der Waals surface area contributed by atoms with Gasteiger partial charge >= 0.3 is 12.3 Å². The molecule has 0 aromatic heterocycles. The Morgan fingerprint density at radius 1 is 0.765 bits per heavy atom. The van der Waals surface area contributed by atoms with Crippen LogP contribution in [0.1, 0.15) is 130 Å². The van der Waals surface area contributed by atoms with Gasteiger partial charge in [0.1, 0.15) is 12.2 Å². The van der Waals surface area contributed by atoms with Crippen molar-refractivity contribution in [3.8, 4) is 0 Å².